The van der Waals surface area contributed by atoms with Gasteiger partial charge in [0.15, 0.2) is 0 Å². The molecule has 2 N–H and O–H groups in total. The van der Waals surface area contributed by atoms with E-state index >= 15 is 8.78 Å². The van der Waals surface area contributed by atoms with Crippen LogP contribution in [0.3, 0.4) is 0 Å². The molecule has 74 heavy (non-hydrogen) atoms. The molecule has 3 aromatic carbocycles. The topological polar surface area (TPSA) is 169 Å². The summed E-state index contributed by atoms with van der Waals surface area (Å²) in [4.78, 5) is 90.0. The highest BCUT2D eigenvalue weighted by Crippen LogP contribution is 2.34. The van der Waals surface area contributed by atoms with Gasteiger partial charge in [-0.05, 0) is 92.7 Å². The Balaban J connectivity index is 0.717. The van der Waals surface area contributed by atoms with Crippen LogP contribution < -0.4 is 10.9 Å². The third-order valence-electron chi connectivity index (χ3n) is 16.1. The summed E-state index contributed by atoms with van der Waals surface area (Å²) in [6.45, 7) is 10.6. The predicted octanol–water partition coefficient (Wildman–Crippen LogP) is 6.68. The second-order valence-corrected chi connectivity index (χ2v) is 22.2. The van der Waals surface area contributed by atoms with Crippen molar-refractivity contribution in [2.24, 2.45) is 11.3 Å². The summed E-state index contributed by atoms with van der Waals surface area (Å²) in [6, 6.07) is 15.7. The third kappa shape index (κ3) is 12.2. The Bertz CT molecular complexity index is 2750. The molecule has 5 fully saturated rings. The number of piperazine rings is 1. The van der Waals surface area contributed by atoms with Crippen LogP contribution in [0.25, 0.3) is 10.8 Å². The van der Waals surface area contributed by atoms with Crippen LogP contribution in [0.4, 0.5) is 8.78 Å². The van der Waals surface area contributed by atoms with E-state index in [1.54, 1.807) is 46.2 Å². The standard InChI is InChI=1S/C57H72F2N8O7/c1-57(2,3)56(73)67-24-10-13-39(35-67)42-16-9-17-45(50(42)59)52(69)60-51(38-11-5-4-6-12-38)55(72)65-27-22-41(23-28-65)74-40-20-25-63(26-21-40)36-49(68)64-29-31-66(32-30-64)54(71)46-33-37(18-19-47(46)58)34-48-43-14-7-8-15-44(43)53(70)62-61-48/h7-9,14-19,33,38-41,51H,4-6,10-13,20-32,34-36H2,1-3H3,(H,60,69)(H,62,70)/t39?,51-/m1/s1. The van der Waals surface area contributed by atoms with Gasteiger partial charge >= 0.3 is 0 Å². The number of aromatic nitrogens is 2. The molecule has 4 saturated heterocycles. The molecule has 1 aliphatic carbocycles. The van der Waals surface area contributed by atoms with Gasteiger partial charge in [-0.25, -0.2) is 13.9 Å². The molecular weight excluding hydrogens is 947 g/mol. The average molecular weight is 1020 g/mol. The number of nitrogens with one attached hydrogen (secondary N) is 2. The SMILES string of the molecule is CC(C)(C)C(=O)N1CCCC(c2cccc(C(=O)N[C@@H](C(=O)N3CCC(OC4CCN(CC(=O)N5CCN(C(=O)c6cc(Cc7n[nH]c(=O)c8ccccc78)ccc6F)CC5)CC4)CC3)C3CCCCC3)c2F)C1. The number of benzene rings is 3. The molecule has 4 aliphatic heterocycles. The van der Waals surface area contributed by atoms with Crippen LogP contribution >= 0.6 is 0 Å². The van der Waals surface area contributed by atoms with Crippen LogP contribution in [0.5, 0.6) is 0 Å². The lowest BCUT2D eigenvalue weighted by molar-refractivity contribution is -0.141. The van der Waals surface area contributed by atoms with Crippen molar-refractivity contribution in [1.82, 2.24) is 40.0 Å². The van der Waals surface area contributed by atoms with Gasteiger partial charge in [0.05, 0.1) is 41.0 Å². The van der Waals surface area contributed by atoms with Crippen molar-refractivity contribution in [3.63, 3.8) is 0 Å². The maximum absolute atomic E-state index is 16.4. The Morgan fingerprint density at radius 3 is 2.09 bits per heavy atom. The summed E-state index contributed by atoms with van der Waals surface area (Å²) >= 11 is 0. The molecule has 0 spiro atoms. The molecule has 0 radical (unpaired) electrons. The number of aromatic amines is 1. The molecule has 15 nitrogen and oxygen atoms in total. The first-order chi connectivity index (χ1) is 35.6. The number of likely N-dealkylation sites (tertiary alicyclic amines) is 3. The van der Waals surface area contributed by atoms with Crippen molar-refractivity contribution in [2.45, 2.75) is 122 Å². The second kappa shape index (κ2) is 23.2. The minimum atomic E-state index is -0.759. The van der Waals surface area contributed by atoms with Crippen LogP contribution in [0, 0.1) is 23.0 Å². The number of nitrogens with zero attached hydrogens (tertiary/aromatic N) is 6. The minimum absolute atomic E-state index is 0.00926. The van der Waals surface area contributed by atoms with E-state index in [9.17, 15) is 28.8 Å². The molecule has 396 valence electrons. The van der Waals surface area contributed by atoms with Gasteiger partial charge in [-0.15, -0.1) is 0 Å². The van der Waals surface area contributed by atoms with Crippen LogP contribution in [0.15, 0.2) is 65.5 Å². The number of carbonyl (C=O) groups excluding carboxylic acids is 5. The largest absolute Gasteiger partial charge is 0.375 e. The Hall–Kier alpha value is -6.07. The zero-order chi connectivity index (χ0) is 52.1. The summed E-state index contributed by atoms with van der Waals surface area (Å²) in [6.07, 6.45) is 9.33. The molecule has 1 aromatic heterocycles. The van der Waals surface area contributed by atoms with Crippen molar-refractivity contribution in [3.05, 3.63) is 111 Å². The summed E-state index contributed by atoms with van der Waals surface area (Å²) < 4.78 is 38.1. The summed E-state index contributed by atoms with van der Waals surface area (Å²) in [7, 11) is 0. The number of carbonyl (C=O) groups is 5. The highest BCUT2D eigenvalue weighted by Gasteiger charge is 2.38. The number of hydrogen-bond donors (Lipinski definition) is 2. The van der Waals surface area contributed by atoms with Gasteiger partial charge in [0.1, 0.15) is 17.7 Å². The summed E-state index contributed by atoms with van der Waals surface area (Å²) in [5, 5.41) is 11.0. The average Bonchev–Trinajstić information content (AvgIpc) is 3.41. The fourth-order valence-corrected chi connectivity index (χ4v) is 11.8. The maximum atomic E-state index is 16.4. The molecule has 2 atom stereocenters. The van der Waals surface area contributed by atoms with E-state index in [2.05, 4.69) is 20.4 Å². The molecule has 0 bridgehead atoms. The van der Waals surface area contributed by atoms with Crippen molar-refractivity contribution < 1.29 is 37.5 Å². The lowest BCUT2D eigenvalue weighted by Gasteiger charge is -2.40. The molecule has 9 rings (SSSR count). The Morgan fingerprint density at radius 2 is 1.39 bits per heavy atom. The molecule has 5 heterocycles. The van der Waals surface area contributed by atoms with E-state index in [0.717, 1.165) is 57.8 Å². The Morgan fingerprint density at radius 1 is 0.716 bits per heavy atom. The van der Waals surface area contributed by atoms with Gasteiger partial charge in [0.25, 0.3) is 17.4 Å². The highest BCUT2D eigenvalue weighted by atomic mass is 19.1. The second-order valence-electron chi connectivity index (χ2n) is 22.2. The maximum Gasteiger partial charge on any atom is 0.272 e. The van der Waals surface area contributed by atoms with Gasteiger partial charge in [0, 0.05) is 88.6 Å². The number of rotatable bonds is 12. The minimum Gasteiger partial charge on any atom is -0.375 e. The van der Waals surface area contributed by atoms with E-state index in [-0.39, 0.29) is 78.1 Å². The number of hydrogen-bond acceptors (Lipinski definition) is 9. The summed E-state index contributed by atoms with van der Waals surface area (Å²) in [5.74, 6) is -2.59. The molecule has 4 aromatic rings. The van der Waals surface area contributed by atoms with E-state index in [1.165, 1.54) is 12.1 Å². The number of halogens is 2. The van der Waals surface area contributed by atoms with E-state index in [1.807, 2.05) is 42.7 Å². The molecule has 1 unspecified atom stereocenters. The molecule has 5 aliphatic rings. The van der Waals surface area contributed by atoms with Gasteiger partial charge in [-0.1, -0.05) is 76.4 Å². The quantitative estimate of drug-likeness (QED) is 0.157. The number of piperidine rings is 3. The van der Waals surface area contributed by atoms with Crippen LogP contribution in [-0.2, 0) is 25.5 Å². The van der Waals surface area contributed by atoms with Crippen LogP contribution in [0.2, 0.25) is 0 Å². The normalized spacial score (nSPS) is 20.4. The predicted molar refractivity (Wildman–Crippen MR) is 276 cm³/mol. The van der Waals surface area contributed by atoms with E-state index in [0.29, 0.717) is 99.2 Å². The van der Waals surface area contributed by atoms with Crippen molar-refractivity contribution >= 4 is 40.3 Å². The monoisotopic (exact) mass is 1020 g/mol. The number of fused-ring (bicyclic) bond motifs is 1. The smallest absolute Gasteiger partial charge is 0.272 e. The van der Waals surface area contributed by atoms with Gasteiger partial charge in [0.2, 0.25) is 17.7 Å². The van der Waals surface area contributed by atoms with Gasteiger partial charge in [-0.2, -0.15) is 5.10 Å². The number of amides is 5. The highest BCUT2D eigenvalue weighted by molar-refractivity contribution is 5.98. The van der Waals surface area contributed by atoms with Gasteiger partial charge < -0.3 is 29.7 Å². The van der Waals surface area contributed by atoms with Gasteiger partial charge in [-0.3, -0.25) is 33.7 Å². The number of H-pyrrole nitrogens is 1. The third-order valence-corrected chi connectivity index (χ3v) is 16.1. The zero-order valence-electron chi connectivity index (χ0n) is 43.2. The lowest BCUT2D eigenvalue weighted by Crippen LogP contribution is -2.55. The molecule has 1 saturated carbocycles. The first-order valence-corrected chi connectivity index (χ1v) is 27.0. The zero-order valence-corrected chi connectivity index (χ0v) is 43.2. The molecular formula is C57H72F2N8O7. The first kappa shape index (κ1) is 52.8. The first-order valence-electron chi connectivity index (χ1n) is 27.0. The fourth-order valence-electron chi connectivity index (χ4n) is 11.8. The van der Waals surface area contributed by atoms with Crippen LogP contribution in [0.1, 0.15) is 135 Å². The Labute approximate surface area is 432 Å². The summed E-state index contributed by atoms with van der Waals surface area (Å²) in [5.41, 5.74) is 0.775. The molecule has 5 amide bonds. The van der Waals surface area contributed by atoms with E-state index in [4.69, 9.17) is 4.74 Å². The van der Waals surface area contributed by atoms with Crippen molar-refractivity contribution in [1.29, 1.82) is 0 Å². The van der Waals surface area contributed by atoms with Crippen molar-refractivity contribution in [2.75, 3.05) is 72.0 Å². The van der Waals surface area contributed by atoms with Crippen LogP contribution in [-0.4, -0.2) is 154 Å². The Kier molecular flexibility index (Phi) is 16.6. The van der Waals surface area contributed by atoms with E-state index < -0.39 is 34.9 Å². The fraction of sp³-hybridized carbons (Fsp3) is 0.561. The lowest BCUT2D eigenvalue weighted by atomic mass is 9.82. The molecule has 17 heteroatoms. The van der Waals surface area contributed by atoms with Crippen molar-refractivity contribution in [3.8, 4) is 0 Å². The number of ether oxygens (including phenoxy) is 1.